The van der Waals surface area contributed by atoms with Gasteiger partial charge >= 0.3 is 5.97 Å². The van der Waals surface area contributed by atoms with Crippen molar-refractivity contribution in [3.05, 3.63) is 152 Å². The molecule has 10 rings (SSSR count). The van der Waals surface area contributed by atoms with Gasteiger partial charge in [-0.15, -0.1) is 22.7 Å². The molecular formula is C64H74N12O5S2. The highest BCUT2D eigenvalue weighted by molar-refractivity contribution is 7.13. The molecule has 432 valence electrons. The zero-order valence-corrected chi connectivity index (χ0v) is 50.2. The molecule has 0 fully saturated rings. The Balaban J connectivity index is 0.000000194. The van der Waals surface area contributed by atoms with Crippen LogP contribution in [0.2, 0.25) is 0 Å². The number of aromatic nitrogens is 6. The van der Waals surface area contributed by atoms with Gasteiger partial charge in [-0.2, -0.15) is 0 Å². The number of nitrogens with zero attached hydrogens (tertiary/aromatic N) is 6. The van der Waals surface area contributed by atoms with Crippen LogP contribution in [0.5, 0.6) is 0 Å². The van der Waals surface area contributed by atoms with E-state index in [4.69, 9.17) is 20.8 Å². The van der Waals surface area contributed by atoms with Crippen molar-refractivity contribution in [1.82, 2.24) is 45.0 Å². The monoisotopic (exact) mass is 1150 g/mol. The van der Waals surface area contributed by atoms with E-state index >= 15 is 0 Å². The maximum absolute atomic E-state index is 13.0. The van der Waals surface area contributed by atoms with Gasteiger partial charge in [0.1, 0.15) is 10.0 Å². The minimum Gasteiger partial charge on any atom is -0.481 e. The number of carboxylic acids is 1. The fourth-order valence-corrected chi connectivity index (χ4v) is 11.9. The number of thiazole rings is 2. The van der Waals surface area contributed by atoms with Gasteiger partial charge < -0.3 is 46.6 Å². The molecule has 83 heavy (non-hydrogen) atoms. The number of hydrogen-bond acceptors (Lipinski definition) is 13. The van der Waals surface area contributed by atoms with Crippen molar-refractivity contribution < 1.29 is 24.3 Å². The third-order valence-corrected chi connectivity index (χ3v) is 16.9. The van der Waals surface area contributed by atoms with Crippen molar-refractivity contribution in [3.63, 3.8) is 0 Å². The number of rotatable bonds is 21. The first-order chi connectivity index (χ1) is 40.1. The zero-order chi connectivity index (χ0) is 59.2. The van der Waals surface area contributed by atoms with E-state index in [1.54, 1.807) is 47.5 Å². The number of carbonyl (C=O) groups excluding carboxylic acids is 3. The Morgan fingerprint density at radius 1 is 0.614 bits per heavy atom. The number of anilines is 2. The van der Waals surface area contributed by atoms with Gasteiger partial charge in [0.15, 0.2) is 0 Å². The maximum Gasteiger partial charge on any atom is 0.303 e. The summed E-state index contributed by atoms with van der Waals surface area (Å²) >= 11 is 3.15. The van der Waals surface area contributed by atoms with Crippen LogP contribution in [-0.4, -0.2) is 121 Å². The topological polar surface area (TPSA) is 240 Å². The van der Waals surface area contributed by atoms with Gasteiger partial charge in [-0.1, -0.05) is 39.8 Å². The Morgan fingerprint density at radius 3 is 1.46 bits per heavy atom. The summed E-state index contributed by atoms with van der Waals surface area (Å²) in [6, 6.07) is 19.6. The lowest BCUT2D eigenvalue weighted by atomic mass is 10.00. The average molecular weight is 1160 g/mol. The maximum atomic E-state index is 13.0. The molecule has 2 aliphatic rings. The lowest BCUT2D eigenvalue weighted by molar-refractivity contribution is -0.137. The SMILES string of the molecule is CCN(CC)CCN.CCN(CC)CCNC(=O)CCc1c(C)[nH]c(/C=C2\C(=O)Nc3ccc(-c4csc(-c5ccncc5)n4)cc32)c1C.Cc1[nH]c(/C=C2\C(=O)Nc3ccc(-c4csc(-c5ccncc5)n4)cc32)c(C)c1CCC(=O)O. The van der Waals surface area contributed by atoms with E-state index in [1.165, 1.54) is 0 Å². The van der Waals surface area contributed by atoms with Crippen molar-refractivity contribution >= 4 is 81.0 Å². The second-order valence-corrected chi connectivity index (χ2v) is 21.9. The Kier molecular flexibility index (Phi) is 21.0. The van der Waals surface area contributed by atoms with Gasteiger partial charge in [0.25, 0.3) is 11.8 Å². The summed E-state index contributed by atoms with van der Waals surface area (Å²) < 4.78 is 0. The van der Waals surface area contributed by atoms with E-state index in [0.717, 1.165) is 157 Å². The fourth-order valence-electron chi connectivity index (χ4n) is 10.2. The number of aliphatic carboxylic acids is 1. The number of benzene rings is 2. The third kappa shape index (κ3) is 15.1. The van der Waals surface area contributed by atoms with Gasteiger partial charge in [0.2, 0.25) is 5.91 Å². The highest BCUT2D eigenvalue weighted by atomic mass is 32.1. The molecule has 0 saturated carbocycles. The third-order valence-electron chi connectivity index (χ3n) is 15.1. The molecule has 3 amide bonds. The highest BCUT2D eigenvalue weighted by Gasteiger charge is 2.28. The quantitative estimate of drug-likeness (QED) is 0.0333. The molecule has 0 bridgehead atoms. The number of pyridine rings is 2. The van der Waals surface area contributed by atoms with Gasteiger partial charge in [-0.3, -0.25) is 29.1 Å². The highest BCUT2D eigenvalue weighted by Crippen LogP contribution is 2.40. The van der Waals surface area contributed by atoms with Crippen LogP contribution in [0, 0.1) is 27.7 Å². The first kappa shape index (κ1) is 60.9. The van der Waals surface area contributed by atoms with Gasteiger partial charge in [-0.25, -0.2) is 9.97 Å². The number of carbonyl (C=O) groups is 4. The first-order valence-electron chi connectivity index (χ1n) is 28.2. The number of H-pyrrole nitrogens is 2. The molecule has 17 nitrogen and oxygen atoms in total. The van der Waals surface area contributed by atoms with Crippen LogP contribution < -0.4 is 21.7 Å². The predicted molar refractivity (Wildman–Crippen MR) is 337 cm³/mol. The van der Waals surface area contributed by atoms with Crippen molar-refractivity contribution in [3.8, 4) is 43.7 Å². The number of fused-ring (bicyclic) bond motifs is 2. The van der Waals surface area contributed by atoms with Crippen LogP contribution in [0.4, 0.5) is 11.4 Å². The van der Waals surface area contributed by atoms with E-state index in [-0.39, 0.29) is 24.1 Å². The van der Waals surface area contributed by atoms with Crippen molar-refractivity contribution in [2.24, 2.45) is 5.73 Å². The van der Waals surface area contributed by atoms with Crippen LogP contribution >= 0.6 is 22.7 Å². The van der Waals surface area contributed by atoms with Crippen LogP contribution in [0.25, 0.3) is 67.0 Å². The molecule has 19 heteroatoms. The first-order valence-corrected chi connectivity index (χ1v) is 30.0. The number of hydrogen-bond donors (Lipinski definition) is 7. The number of carboxylic acid groups (broad SMARTS) is 1. The molecule has 0 unspecified atom stereocenters. The van der Waals surface area contributed by atoms with Gasteiger partial charge in [0.05, 0.1) is 22.5 Å². The molecule has 6 aromatic heterocycles. The van der Waals surface area contributed by atoms with E-state index < -0.39 is 5.97 Å². The van der Waals surface area contributed by atoms with Crippen molar-refractivity contribution in [2.45, 2.75) is 81.1 Å². The average Bonchev–Trinajstić information content (AvgIpc) is 4.26. The summed E-state index contributed by atoms with van der Waals surface area (Å²) in [6.07, 6.45) is 12.4. The molecule has 8 aromatic rings. The van der Waals surface area contributed by atoms with E-state index in [0.29, 0.717) is 37.0 Å². The number of likely N-dealkylation sites (N-methyl/N-ethyl adjacent to an activating group) is 2. The summed E-state index contributed by atoms with van der Waals surface area (Å²) in [4.78, 5) is 78.4. The minimum absolute atomic E-state index is 0.0582. The van der Waals surface area contributed by atoms with Crippen LogP contribution in [-0.2, 0) is 32.0 Å². The molecule has 0 saturated heterocycles. The Bertz CT molecular complexity index is 3630. The zero-order valence-electron chi connectivity index (χ0n) is 48.5. The predicted octanol–water partition coefficient (Wildman–Crippen LogP) is 11.3. The van der Waals surface area contributed by atoms with Crippen LogP contribution in [0.3, 0.4) is 0 Å². The van der Waals surface area contributed by atoms with Gasteiger partial charge in [0, 0.05) is 142 Å². The summed E-state index contributed by atoms with van der Waals surface area (Å²) in [6.45, 7) is 24.0. The lowest BCUT2D eigenvalue weighted by Crippen LogP contribution is -2.34. The summed E-state index contributed by atoms with van der Waals surface area (Å²) in [5.41, 5.74) is 23.1. The van der Waals surface area contributed by atoms with E-state index in [2.05, 4.69) is 73.4 Å². The summed E-state index contributed by atoms with van der Waals surface area (Å²) in [5, 5.41) is 23.9. The van der Waals surface area contributed by atoms with Gasteiger partial charge in [-0.05, 0) is 150 Å². The number of aryl methyl sites for hydroxylation is 2. The Morgan fingerprint density at radius 2 is 1.05 bits per heavy atom. The van der Waals surface area contributed by atoms with E-state index in [1.807, 2.05) is 111 Å². The molecule has 8 N–H and O–H groups in total. The van der Waals surface area contributed by atoms with E-state index in [9.17, 15) is 19.2 Å². The minimum atomic E-state index is -0.828. The Labute approximate surface area is 493 Å². The number of amides is 3. The normalized spacial score (nSPS) is 13.4. The molecule has 0 spiro atoms. The number of nitrogens with one attached hydrogen (secondary N) is 5. The molecule has 0 atom stereocenters. The van der Waals surface area contributed by atoms with Crippen LogP contribution in [0.1, 0.15) is 96.7 Å². The molecule has 2 aliphatic heterocycles. The number of aromatic amines is 2. The molecule has 0 aliphatic carbocycles. The number of nitrogens with two attached hydrogens (primary N) is 1. The molecule has 8 heterocycles. The second kappa shape index (κ2) is 28.7. The fraction of sp³-hybridized carbons (Fsp3) is 0.312. The Hall–Kier alpha value is -8.20. The lowest BCUT2D eigenvalue weighted by Gasteiger charge is -2.17. The second-order valence-electron chi connectivity index (χ2n) is 20.2. The van der Waals surface area contributed by atoms with Crippen molar-refractivity contribution in [1.29, 1.82) is 0 Å². The molecular weight excluding hydrogens is 1080 g/mol. The molecule has 2 aromatic carbocycles. The smallest absolute Gasteiger partial charge is 0.303 e. The largest absolute Gasteiger partial charge is 0.481 e. The summed E-state index contributed by atoms with van der Waals surface area (Å²) in [7, 11) is 0. The molecule has 0 radical (unpaired) electrons. The van der Waals surface area contributed by atoms with Crippen molar-refractivity contribution in [2.75, 3.05) is 63.0 Å². The standard InChI is InChI=1S/C32H36N6O2S.C26H22N4O3S.C6H16N2/c1-5-38(6-2)16-15-34-30(39)10-8-24-20(3)28(35-21(24)4)18-26-25-17-23(7-9-27(25)36-31(26)40)29-19-41-32(37-29)22-11-13-33-14-12-22;1-14-18(4-6-24(31)32)15(2)28-22(14)12-20-19-11-17(3-5-21(19)29-25(20)33)23-13-34-26(30-23)16-7-9-27-10-8-16;1-3-8(4-2)6-5-7/h7,9,11-14,17-19,35H,5-6,8,10,15-16H2,1-4H3,(H,34,39)(H,36,40);3,5,7-13,28H,4,6H2,1-2H3,(H,29,33)(H,31,32);3-7H2,1-2H3/b26-18-;20-12-;. The van der Waals surface area contributed by atoms with Crippen LogP contribution in [0.15, 0.2) is 96.2 Å². The summed E-state index contributed by atoms with van der Waals surface area (Å²) in [5.74, 6) is -1.07.